The number of hydrogen-bond donors (Lipinski definition) is 2. The maximum atomic E-state index is 14.0. The third-order valence-corrected chi connectivity index (χ3v) is 11.9. The Hall–Kier alpha value is -1.55. The van der Waals surface area contributed by atoms with Gasteiger partial charge in [-0.25, -0.2) is 0 Å². The van der Waals surface area contributed by atoms with Crippen LogP contribution < -0.4 is 10.6 Å². The molecule has 5 aliphatic rings. The van der Waals surface area contributed by atoms with Crippen molar-refractivity contribution in [1.82, 2.24) is 10.6 Å². The first-order chi connectivity index (χ1) is 16.8. The molecule has 5 fully saturated rings. The van der Waals surface area contributed by atoms with Crippen molar-refractivity contribution >= 4 is 23.4 Å². The molecule has 7 atom stereocenters. The lowest BCUT2D eigenvalue weighted by Gasteiger charge is -2.60. The van der Waals surface area contributed by atoms with E-state index in [4.69, 9.17) is 11.6 Å². The zero-order chi connectivity index (χ0) is 24.4. The summed E-state index contributed by atoms with van der Waals surface area (Å²) < 4.78 is 0. The van der Waals surface area contributed by atoms with E-state index in [0.29, 0.717) is 30.2 Å². The summed E-state index contributed by atoms with van der Waals surface area (Å²) in [6, 6.07) is 8.49. The summed E-state index contributed by atoms with van der Waals surface area (Å²) in [7, 11) is 0. The highest BCUT2D eigenvalue weighted by molar-refractivity contribution is 6.30. The predicted molar refractivity (Wildman–Crippen MR) is 139 cm³/mol. The van der Waals surface area contributed by atoms with E-state index in [9.17, 15) is 9.59 Å². The van der Waals surface area contributed by atoms with Crippen LogP contribution in [0.5, 0.6) is 0 Å². The first-order valence-electron chi connectivity index (χ1n) is 14.1. The molecule has 1 saturated heterocycles. The van der Waals surface area contributed by atoms with Crippen molar-refractivity contribution < 1.29 is 9.59 Å². The molecule has 4 aliphatic carbocycles. The van der Waals surface area contributed by atoms with E-state index < -0.39 is 0 Å². The van der Waals surface area contributed by atoms with Crippen molar-refractivity contribution in [3.05, 3.63) is 34.9 Å². The van der Waals surface area contributed by atoms with Crippen LogP contribution in [0.2, 0.25) is 5.02 Å². The Labute approximate surface area is 215 Å². The molecule has 4 nitrogen and oxygen atoms in total. The first kappa shape index (κ1) is 23.8. The lowest BCUT2D eigenvalue weighted by molar-refractivity contribution is -0.142. The molecule has 1 aromatic carbocycles. The molecule has 4 saturated carbocycles. The molecular formula is C30H41ClN2O2. The fraction of sp³-hybridized carbons (Fsp3) is 0.733. The van der Waals surface area contributed by atoms with E-state index in [2.05, 4.69) is 36.6 Å². The smallest absolute Gasteiger partial charge is 0.224 e. The van der Waals surface area contributed by atoms with Gasteiger partial charge in [0.1, 0.15) is 0 Å². The Bertz CT molecular complexity index is 1000. The van der Waals surface area contributed by atoms with Crippen LogP contribution in [0.3, 0.4) is 0 Å². The fourth-order valence-electron chi connectivity index (χ4n) is 9.69. The van der Waals surface area contributed by atoms with Crippen LogP contribution in [-0.2, 0) is 15.1 Å². The summed E-state index contributed by atoms with van der Waals surface area (Å²) in [6.45, 7) is 4.89. The molecule has 35 heavy (non-hydrogen) atoms. The molecule has 0 spiro atoms. The zero-order valence-corrected chi connectivity index (χ0v) is 22.1. The van der Waals surface area contributed by atoms with Gasteiger partial charge in [0.15, 0.2) is 0 Å². The van der Waals surface area contributed by atoms with Crippen LogP contribution in [0.25, 0.3) is 0 Å². The van der Waals surface area contributed by atoms with E-state index in [-0.39, 0.29) is 34.1 Å². The molecule has 1 aromatic rings. The molecular weight excluding hydrogens is 456 g/mol. The van der Waals surface area contributed by atoms with Gasteiger partial charge in [-0.3, -0.25) is 9.59 Å². The highest BCUT2D eigenvalue weighted by atomic mass is 35.5. The van der Waals surface area contributed by atoms with E-state index in [0.717, 1.165) is 56.4 Å². The quantitative estimate of drug-likeness (QED) is 0.511. The monoisotopic (exact) mass is 496 g/mol. The summed E-state index contributed by atoms with van der Waals surface area (Å²) in [4.78, 5) is 26.1. The number of piperidine rings is 1. The highest BCUT2D eigenvalue weighted by Crippen LogP contribution is 2.65. The number of nitrogens with one attached hydrogen (secondary N) is 2. The minimum Gasteiger partial charge on any atom is -0.353 e. The van der Waals surface area contributed by atoms with Crippen LogP contribution in [0.4, 0.5) is 0 Å². The Balaban J connectivity index is 1.22. The van der Waals surface area contributed by atoms with Gasteiger partial charge in [0, 0.05) is 23.4 Å². The van der Waals surface area contributed by atoms with Gasteiger partial charge in [0.2, 0.25) is 11.8 Å². The highest BCUT2D eigenvalue weighted by Gasteiger charge is 2.61. The Morgan fingerprint density at radius 3 is 2.37 bits per heavy atom. The largest absolute Gasteiger partial charge is 0.353 e. The summed E-state index contributed by atoms with van der Waals surface area (Å²) in [5, 5.41) is 7.72. The maximum absolute atomic E-state index is 14.0. The maximum Gasteiger partial charge on any atom is 0.224 e. The zero-order valence-electron chi connectivity index (χ0n) is 21.4. The van der Waals surface area contributed by atoms with Crippen LogP contribution >= 0.6 is 11.6 Å². The molecule has 1 heterocycles. The van der Waals surface area contributed by atoms with Gasteiger partial charge in [-0.15, -0.1) is 0 Å². The second-order valence-electron chi connectivity index (χ2n) is 13.0. The van der Waals surface area contributed by atoms with Crippen molar-refractivity contribution in [2.75, 3.05) is 0 Å². The topological polar surface area (TPSA) is 58.2 Å². The van der Waals surface area contributed by atoms with E-state index in [1.807, 2.05) is 12.1 Å². The van der Waals surface area contributed by atoms with E-state index in [1.54, 1.807) is 0 Å². The van der Waals surface area contributed by atoms with E-state index >= 15 is 0 Å². The van der Waals surface area contributed by atoms with Gasteiger partial charge in [0.25, 0.3) is 0 Å². The lowest BCUT2D eigenvalue weighted by Crippen LogP contribution is -2.61. The summed E-state index contributed by atoms with van der Waals surface area (Å²) in [6.07, 6.45) is 12.9. The number of halogens is 1. The molecule has 2 unspecified atom stereocenters. The van der Waals surface area contributed by atoms with Gasteiger partial charge in [-0.05, 0) is 104 Å². The minimum atomic E-state index is -0.237. The van der Waals surface area contributed by atoms with Gasteiger partial charge >= 0.3 is 0 Å². The number of fused-ring (bicyclic) bond motifs is 5. The Kier molecular flexibility index (Phi) is 5.79. The number of benzene rings is 1. The Morgan fingerprint density at radius 2 is 1.63 bits per heavy atom. The van der Waals surface area contributed by atoms with Crippen LogP contribution in [0.1, 0.15) is 96.5 Å². The SMILES string of the molecule is C[C@]12CCC(=O)NC1CC[C@@H]1[C@H]2CC[C@]2(C)C(C(=O)NC3(c4ccc(Cl)cc4)CCCC3)CC[C@@H]12. The lowest BCUT2D eigenvalue weighted by atomic mass is 9.47. The van der Waals surface area contributed by atoms with Crippen molar-refractivity contribution in [2.45, 2.75) is 102 Å². The average molecular weight is 497 g/mol. The number of hydrogen-bond acceptors (Lipinski definition) is 2. The molecule has 0 bridgehead atoms. The summed E-state index contributed by atoms with van der Waals surface area (Å²) in [5.41, 5.74) is 1.29. The van der Waals surface area contributed by atoms with Crippen LogP contribution in [-0.4, -0.2) is 17.9 Å². The summed E-state index contributed by atoms with van der Waals surface area (Å²) >= 11 is 6.18. The molecule has 5 heteroatoms. The molecule has 190 valence electrons. The third-order valence-electron chi connectivity index (χ3n) is 11.6. The first-order valence-corrected chi connectivity index (χ1v) is 14.5. The van der Waals surface area contributed by atoms with Crippen molar-refractivity contribution in [3.63, 3.8) is 0 Å². The predicted octanol–water partition coefficient (Wildman–Crippen LogP) is 6.36. The molecule has 0 radical (unpaired) electrons. The molecule has 6 rings (SSSR count). The molecule has 2 amide bonds. The third kappa shape index (κ3) is 3.68. The van der Waals surface area contributed by atoms with Gasteiger partial charge < -0.3 is 10.6 Å². The number of rotatable bonds is 3. The molecule has 2 N–H and O–H groups in total. The Morgan fingerprint density at radius 1 is 0.914 bits per heavy atom. The number of amides is 2. The summed E-state index contributed by atoms with van der Waals surface area (Å²) in [5.74, 6) is 2.63. The molecule has 1 aliphatic heterocycles. The van der Waals surface area contributed by atoms with Crippen LogP contribution in [0, 0.1) is 34.5 Å². The van der Waals surface area contributed by atoms with Gasteiger partial charge in [-0.2, -0.15) is 0 Å². The fourth-order valence-corrected chi connectivity index (χ4v) is 9.82. The van der Waals surface area contributed by atoms with E-state index in [1.165, 1.54) is 24.8 Å². The normalized spacial score (nSPS) is 41.9. The van der Waals surface area contributed by atoms with Crippen molar-refractivity contribution in [2.24, 2.45) is 34.5 Å². The molecule has 0 aromatic heterocycles. The van der Waals surface area contributed by atoms with Gasteiger partial charge in [-0.1, -0.05) is 50.4 Å². The number of carbonyl (C=O) groups is 2. The second kappa shape index (κ2) is 8.50. The van der Waals surface area contributed by atoms with Crippen LogP contribution in [0.15, 0.2) is 24.3 Å². The standard InChI is InChI=1S/C30H41ClN2O2/c1-28-17-13-23-21(9-12-25-29(23,2)18-14-26(34)32-25)22(28)10-11-24(28)27(35)33-30(15-3-4-16-30)19-5-7-20(31)8-6-19/h5-8,21-25H,3-4,9-18H2,1-2H3,(H,32,34)(H,33,35)/t21-,22-,23+,24?,25?,28-,29+/m0/s1. The average Bonchev–Trinajstić information content (AvgIpc) is 3.44. The minimum absolute atomic E-state index is 0.0894. The van der Waals surface area contributed by atoms with Crippen molar-refractivity contribution in [1.29, 1.82) is 0 Å². The van der Waals surface area contributed by atoms with Crippen molar-refractivity contribution in [3.8, 4) is 0 Å². The second-order valence-corrected chi connectivity index (χ2v) is 13.5. The van der Waals surface area contributed by atoms with Gasteiger partial charge in [0.05, 0.1) is 5.54 Å². The number of carbonyl (C=O) groups excluding carboxylic acids is 2.